The Morgan fingerprint density at radius 1 is 1.06 bits per heavy atom. The zero-order chi connectivity index (χ0) is 26.5. The van der Waals surface area contributed by atoms with Gasteiger partial charge in [0.15, 0.2) is 0 Å². The van der Waals surface area contributed by atoms with E-state index in [9.17, 15) is 18.7 Å². The highest BCUT2D eigenvalue weighted by Gasteiger charge is 2.31. The van der Waals surface area contributed by atoms with E-state index < -0.39 is 29.9 Å². The number of carboxylic acid groups (broad SMARTS) is 1. The van der Waals surface area contributed by atoms with Gasteiger partial charge in [0.2, 0.25) is 0 Å². The summed E-state index contributed by atoms with van der Waals surface area (Å²) in [7, 11) is 0. The van der Waals surface area contributed by atoms with Crippen LogP contribution in [0.5, 0.6) is 5.75 Å². The lowest BCUT2D eigenvalue weighted by Crippen LogP contribution is -2.25. The number of carboxylic acids is 1. The SMILES string of the molecule is CC.CC1CCC(C)(C)c2cc(COc3ccc(C(CC(=O)O)c4c(F)cccc4F)cc3)ccc21. The number of fused-ring (bicyclic) bond motifs is 1. The van der Waals surface area contributed by atoms with Gasteiger partial charge in [0.05, 0.1) is 6.42 Å². The fourth-order valence-corrected chi connectivity index (χ4v) is 4.94. The van der Waals surface area contributed by atoms with Crippen LogP contribution in [0.25, 0.3) is 0 Å². The van der Waals surface area contributed by atoms with Gasteiger partial charge in [0.1, 0.15) is 24.0 Å². The molecule has 0 aromatic heterocycles. The third kappa shape index (κ3) is 6.13. The summed E-state index contributed by atoms with van der Waals surface area (Å²) in [6.07, 6.45) is 1.94. The van der Waals surface area contributed by atoms with Crippen LogP contribution in [-0.2, 0) is 16.8 Å². The Balaban J connectivity index is 0.00000176. The van der Waals surface area contributed by atoms with Gasteiger partial charge >= 0.3 is 5.97 Å². The van der Waals surface area contributed by atoms with Crippen LogP contribution >= 0.6 is 0 Å². The van der Waals surface area contributed by atoms with Gasteiger partial charge in [-0.2, -0.15) is 0 Å². The normalized spacial score (nSPS) is 16.8. The van der Waals surface area contributed by atoms with Crippen LogP contribution in [0.3, 0.4) is 0 Å². The quantitative estimate of drug-likeness (QED) is 0.359. The molecular weight excluding hydrogens is 458 g/mol. The largest absolute Gasteiger partial charge is 0.489 e. The molecule has 1 aliphatic carbocycles. The van der Waals surface area contributed by atoms with Crippen LogP contribution < -0.4 is 4.74 Å². The molecule has 0 heterocycles. The van der Waals surface area contributed by atoms with Crippen LogP contribution in [0.15, 0.2) is 60.7 Å². The van der Waals surface area contributed by atoms with Crippen molar-refractivity contribution in [1.82, 2.24) is 0 Å². The van der Waals surface area contributed by atoms with E-state index >= 15 is 0 Å². The predicted octanol–water partition coefficient (Wildman–Crippen LogP) is 8.35. The molecule has 0 saturated carbocycles. The minimum atomic E-state index is -1.13. The maximum atomic E-state index is 14.4. The molecule has 192 valence electrons. The summed E-state index contributed by atoms with van der Waals surface area (Å²) in [5.41, 5.74) is 4.30. The van der Waals surface area contributed by atoms with Gasteiger partial charge in [-0.15, -0.1) is 0 Å². The molecule has 3 aromatic rings. The summed E-state index contributed by atoms with van der Waals surface area (Å²) < 4.78 is 34.7. The van der Waals surface area contributed by atoms with Crippen LogP contribution in [0.1, 0.15) is 93.5 Å². The van der Waals surface area contributed by atoms with Crippen LogP contribution in [0.2, 0.25) is 0 Å². The second-order valence-electron chi connectivity index (χ2n) is 9.89. The van der Waals surface area contributed by atoms with Gasteiger partial charge in [-0.3, -0.25) is 4.79 Å². The molecule has 1 aliphatic rings. The molecule has 3 aromatic carbocycles. The Hall–Kier alpha value is -3.21. The Morgan fingerprint density at radius 2 is 1.69 bits per heavy atom. The summed E-state index contributed by atoms with van der Waals surface area (Å²) in [6.45, 7) is 11.2. The van der Waals surface area contributed by atoms with E-state index in [4.69, 9.17) is 4.74 Å². The van der Waals surface area contributed by atoms with Crippen molar-refractivity contribution in [3.05, 3.63) is 100 Å². The number of aliphatic carboxylic acids is 1. The molecule has 5 heteroatoms. The number of halogens is 2. The van der Waals surface area contributed by atoms with Gasteiger partial charge in [-0.1, -0.05) is 71.0 Å². The molecule has 3 nitrogen and oxygen atoms in total. The third-order valence-corrected chi connectivity index (χ3v) is 6.99. The molecule has 0 saturated heterocycles. The molecule has 0 bridgehead atoms. The molecule has 0 amide bonds. The van der Waals surface area contributed by atoms with Crippen LogP contribution in [0, 0.1) is 11.6 Å². The number of hydrogen-bond donors (Lipinski definition) is 1. The number of hydrogen-bond acceptors (Lipinski definition) is 2. The molecule has 0 aliphatic heterocycles. The van der Waals surface area contributed by atoms with Crippen molar-refractivity contribution in [2.24, 2.45) is 0 Å². The first-order valence-electron chi connectivity index (χ1n) is 12.7. The van der Waals surface area contributed by atoms with Gasteiger partial charge in [0.25, 0.3) is 0 Å². The van der Waals surface area contributed by atoms with Crippen molar-refractivity contribution in [2.45, 2.75) is 77.7 Å². The average Bonchev–Trinajstić information content (AvgIpc) is 2.86. The summed E-state index contributed by atoms with van der Waals surface area (Å²) in [6, 6.07) is 16.9. The lowest BCUT2D eigenvalue weighted by Gasteiger charge is -2.36. The van der Waals surface area contributed by atoms with Crippen molar-refractivity contribution >= 4 is 5.97 Å². The third-order valence-electron chi connectivity index (χ3n) is 6.99. The Labute approximate surface area is 213 Å². The topological polar surface area (TPSA) is 46.5 Å². The molecule has 1 N–H and O–H groups in total. The molecule has 0 radical (unpaired) electrons. The van der Waals surface area contributed by atoms with Crippen molar-refractivity contribution < 1.29 is 23.4 Å². The minimum Gasteiger partial charge on any atom is -0.489 e. The molecule has 2 atom stereocenters. The maximum Gasteiger partial charge on any atom is 0.304 e. The summed E-state index contributed by atoms with van der Waals surface area (Å²) in [4.78, 5) is 11.4. The van der Waals surface area contributed by atoms with Gasteiger partial charge in [-0.25, -0.2) is 8.78 Å². The first-order chi connectivity index (χ1) is 17.2. The molecule has 4 rings (SSSR count). The molecule has 0 fully saturated rings. The van der Waals surface area contributed by atoms with E-state index in [0.717, 1.165) is 24.1 Å². The Morgan fingerprint density at radius 3 is 2.31 bits per heavy atom. The molecule has 0 spiro atoms. The zero-order valence-electron chi connectivity index (χ0n) is 21.8. The van der Waals surface area contributed by atoms with Crippen molar-refractivity contribution in [2.75, 3.05) is 0 Å². The molecule has 36 heavy (non-hydrogen) atoms. The highest BCUT2D eigenvalue weighted by molar-refractivity contribution is 5.69. The van der Waals surface area contributed by atoms with E-state index in [1.54, 1.807) is 24.3 Å². The highest BCUT2D eigenvalue weighted by atomic mass is 19.1. The summed E-state index contributed by atoms with van der Waals surface area (Å²) in [5, 5.41) is 9.32. The number of carbonyl (C=O) groups is 1. The van der Waals surface area contributed by atoms with E-state index in [1.807, 2.05) is 13.8 Å². The molecular formula is C31H36F2O3. The first-order valence-corrected chi connectivity index (χ1v) is 12.7. The zero-order valence-corrected chi connectivity index (χ0v) is 21.8. The second-order valence-corrected chi connectivity index (χ2v) is 9.89. The lowest BCUT2D eigenvalue weighted by atomic mass is 9.69. The minimum absolute atomic E-state index is 0.140. The monoisotopic (exact) mass is 494 g/mol. The number of benzene rings is 3. The average molecular weight is 495 g/mol. The predicted molar refractivity (Wildman–Crippen MR) is 140 cm³/mol. The smallest absolute Gasteiger partial charge is 0.304 e. The number of rotatable bonds is 7. The van der Waals surface area contributed by atoms with Crippen molar-refractivity contribution in [3.63, 3.8) is 0 Å². The fraction of sp³-hybridized carbons (Fsp3) is 0.387. The van der Waals surface area contributed by atoms with Gasteiger partial charge in [0, 0.05) is 11.5 Å². The van der Waals surface area contributed by atoms with E-state index in [-0.39, 0.29) is 11.0 Å². The maximum absolute atomic E-state index is 14.4. The van der Waals surface area contributed by atoms with Crippen molar-refractivity contribution in [1.29, 1.82) is 0 Å². The first kappa shape index (κ1) is 27.4. The van der Waals surface area contributed by atoms with E-state index in [2.05, 4.69) is 39.0 Å². The van der Waals surface area contributed by atoms with Gasteiger partial charge in [-0.05, 0) is 70.7 Å². The number of ether oxygens (including phenoxy) is 1. The van der Waals surface area contributed by atoms with Gasteiger partial charge < -0.3 is 9.84 Å². The Kier molecular flexibility index (Phi) is 8.89. The Bertz CT molecular complexity index is 1160. The lowest BCUT2D eigenvalue weighted by molar-refractivity contribution is -0.137. The van der Waals surface area contributed by atoms with Crippen molar-refractivity contribution in [3.8, 4) is 5.75 Å². The van der Waals surface area contributed by atoms with Crippen LogP contribution in [-0.4, -0.2) is 11.1 Å². The van der Waals surface area contributed by atoms with E-state index in [0.29, 0.717) is 23.8 Å². The summed E-state index contributed by atoms with van der Waals surface area (Å²) >= 11 is 0. The van der Waals surface area contributed by atoms with Crippen LogP contribution in [0.4, 0.5) is 8.78 Å². The standard InChI is InChI=1S/C29H30F2O3.C2H6/c1-18-13-14-29(2,3)24-15-19(7-12-22(18)24)17-34-21-10-8-20(9-11-21)23(16-27(32)33)28-25(30)5-4-6-26(28)31;1-2/h4-12,15,18,23H,13-14,16-17H2,1-3H3,(H,32,33);1-2H3. The summed E-state index contributed by atoms with van der Waals surface area (Å²) in [5.74, 6) is -2.40. The second kappa shape index (κ2) is 11.7. The fourth-order valence-electron chi connectivity index (χ4n) is 4.94. The molecule has 2 unspecified atom stereocenters. The highest BCUT2D eigenvalue weighted by Crippen LogP contribution is 2.42. The van der Waals surface area contributed by atoms with E-state index in [1.165, 1.54) is 23.6 Å².